The van der Waals surface area contributed by atoms with E-state index in [2.05, 4.69) is 0 Å². The van der Waals surface area contributed by atoms with E-state index in [0.717, 1.165) is 9.79 Å². The maximum absolute atomic E-state index is 11.8. The first-order valence-electron chi connectivity index (χ1n) is 5.88. The van der Waals surface area contributed by atoms with E-state index in [9.17, 15) is 4.79 Å². The van der Waals surface area contributed by atoms with Crippen molar-refractivity contribution in [3.63, 3.8) is 0 Å². The van der Waals surface area contributed by atoms with Gasteiger partial charge in [0, 0.05) is 9.79 Å². The third-order valence-electron chi connectivity index (χ3n) is 2.56. The van der Waals surface area contributed by atoms with Crippen molar-refractivity contribution in [1.82, 2.24) is 0 Å². The summed E-state index contributed by atoms with van der Waals surface area (Å²) in [5.41, 5.74) is 5.59. The van der Waals surface area contributed by atoms with Crippen LogP contribution >= 0.6 is 23.5 Å². The molecule has 2 rings (SSSR count). The zero-order valence-corrected chi connectivity index (χ0v) is 12.2. The van der Waals surface area contributed by atoms with Gasteiger partial charge in [0.25, 0.3) is 0 Å². The first-order valence-corrected chi connectivity index (χ1v) is 7.51. The zero-order chi connectivity index (χ0) is 13.7. The molecule has 0 aliphatic carbocycles. The molecular weight excluding hydrogens is 274 g/mol. The molecule has 0 saturated carbocycles. The van der Waals surface area contributed by atoms with Crippen LogP contribution in [0.15, 0.2) is 70.5 Å². The Morgan fingerprint density at radius 3 is 1.58 bits per heavy atom. The first kappa shape index (κ1) is 14.0. The van der Waals surface area contributed by atoms with Crippen LogP contribution in [0, 0.1) is 0 Å². The lowest BCUT2D eigenvalue weighted by Crippen LogP contribution is -2.34. The second-order valence-corrected chi connectivity index (χ2v) is 7.38. The van der Waals surface area contributed by atoms with Gasteiger partial charge < -0.3 is 5.73 Å². The minimum absolute atomic E-state index is 0.324. The molecule has 98 valence electrons. The van der Waals surface area contributed by atoms with Gasteiger partial charge in [0.1, 0.15) is 4.08 Å². The smallest absolute Gasteiger partial charge is 0.244 e. The standard InChI is InChI=1S/C15H15NOS2/c1-15(14(16)17,18-12-8-4-2-5-9-12)19-13-10-6-3-7-11-13/h2-11H,1H3,(H2,16,17). The van der Waals surface area contributed by atoms with E-state index in [1.54, 1.807) is 0 Å². The third kappa shape index (κ3) is 3.78. The Bertz CT molecular complexity index is 501. The Balaban J connectivity index is 2.21. The molecule has 0 atom stereocenters. The molecule has 2 nitrogen and oxygen atoms in total. The summed E-state index contributed by atoms with van der Waals surface area (Å²) in [4.78, 5) is 13.9. The Morgan fingerprint density at radius 2 is 1.26 bits per heavy atom. The number of thioether (sulfide) groups is 2. The highest BCUT2D eigenvalue weighted by atomic mass is 32.2. The highest BCUT2D eigenvalue weighted by Gasteiger charge is 2.33. The normalized spacial score (nSPS) is 11.2. The second-order valence-electron chi connectivity index (χ2n) is 4.14. The molecule has 0 bridgehead atoms. The molecule has 19 heavy (non-hydrogen) atoms. The molecule has 2 N–H and O–H groups in total. The summed E-state index contributed by atoms with van der Waals surface area (Å²) in [5.74, 6) is -0.324. The Morgan fingerprint density at radius 1 is 0.895 bits per heavy atom. The molecule has 0 aliphatic heterocycles. The topological polar surface area (TPSA) is 43.1 Å². The van der Waals surface area contributed by atoms with E-state index in [-0.39, 0.29) is 5.91 Å². The monoisotopic (exact) mass is 289 g/mol. The maximum Gasteiger partial charge on any atom is 0.244 e. The van der Waals surface area contributed by atoms with Gasteiger partial charge in [-0.2, -0.15) is 0 Å². The molecule has 0 radical (unpaired) electrons. The molecule has 0 saturated heterocycles. The van der Waals surface area contributed by atoms with E-state index >= 15 is 0 Å². The fourth-order valence-corrected chi connectivity index (χ4v) is 3.98. The molecule has 0 spiro atoms. The van der Waals surface area contributed by atoms with Crippen LogP contribution in [-0.2, 0) is 4.79 Å². The average Bonchev–Trinajstić information content (AvgIpc) is 2.40. The summed E-state index contributed by atoms with van der Waals surface area (Å²) in [7, 11) is 0. The van der Waals surface area contributed by atoms with E-state index in [1.807, 2.05) is 67.6 Å². The van der Waals surface area contributed by atoms with Crippen LogP contribution in [-0.4, -0.2) is 9.99 Å². The van der Waals surface area contributed by atoms with E-state index < -0.39 is 4.08 Å². The SMILES string of the molecule is CC(Sc1ccccc1)(Sc1ccccc1)C(N)=O. The van der Waals surface area contributed by atoms with Gasteiger partial charge in [-0.15, -0.1) is 0 Å². The van der Waals surface area contributed by atoms with Gasteiger partial charge in [-0.05, 0) is 31.2 Å². The van der Waals surface area contributed by atoms with Gasteiger partial charge in [0.2, 0.25) is 5.91 Å². The molecule has 0 fully saturated rings. The fourth-order valence-electron chi connectivity index (χ4n) is 1.55. The Kier molecular flexibility index (Phi) is 4.56. The number of nitrogens with two attached hydrogens (primary N) is 1. The predicted molar refractivity (Wildman–Crippen MR) is 82.2 cm³/mol. The molecule has 4 heteroatoms. The highest BCUT2D eigenvalue weighted by molar-refractivity contribution is 8.19. The van der Waals surface area contributed by atoms with E-state index in [4.69, 9.17) is 5.73 Å². The average molecular weight is 289 g/mol. The largest absolute Gasteiger partial charge is 0.368 e. The number of hydrogen-bond donors (Lipinski definition) is 1. The van der Waals surface area contributed by atoms with Gasteiger partial charge in [-0.3, -0.25) is 4.79 Å². The number of hydrogen-bond acceptors (Lipinski definition) is 3. The van der Waals surface area contributed by atoms with Crippen molar-refractivity contribution < 1.29 is 4.79 Å². The number of carbonyl (C=O) groups is 1. The van der Waals surface area contributed by atoms with Gasteiger partial charge in [0.05, 0.1) is 0 Å². The summed E-state index contributed by atoms with van der Waals surface area (Å²) in [6.45, 7) is 1.87. The summed E-state index contributed by atoms with van der Waals surface area (Å²) >= 11 is 2.96. The molecule has 1 amide bonds. The Labute approximate surface area is 121 Å². The van der Waals surface area contributed by atoms with Crippen LogP contribution in [0.3, 0.4) is 0 Å². The first-order chi connectivity index (χ1) is 9.10. The zero-order valence-electron chi connectivity index (χ0n) is 10.6. The van der Waals surface area contributed by atoms with Crippen molar-refractivity contribution in [3.05, 3.63) is 60.7 Å². The summed E-state index contributed by atoms with van der Waals surface area (Å²) < 4.78 is -0.720. The number of primary amides is 1. The highest BCUT2D eigenvalue weighted by Crippen LogP contribution is 2.44. The van der Waals surface area contributed by atoms with Crippen LogP contribution in [0.4, 0.5) is 0 Å². The van der Waals surface area contributed by atoms with Crippen LogP contribution in [0.5, 0.6) is 0 Å². The molecule has 2 aromatic carbocycles. The molecule has 0 aliphatic rings. The van der Waals surface area contributed by atoms with Crippen molar-refractivity contribution >= 4 is 29.4 Å². The summed E-state index contributed by atoms with van der Waals surface area (Å²) in [5, 5.41) is 0. The van der Waals surface area contributed by atoms with Crippen LogP contribution in [0.2, 0.25) is 0 Å². The minimum Gasteiger partial charge on any atom is -0.368 e. The molecule has 2 aromatic rings. The summed E-state index contributed by atoms with van der Waals surface area (Å²) in [6, 6.07) is 19.7. The second kappa shape index (κ2) is 6.17. The van der Waals surface area contributed by atoms with Crippen LogP contribution in [0.1, 0.15) is 6.92 Å². The maximum atomic E-state index is 11.8. The van der Waals surface area contributed by atoms with Crippen molar-refractivity contribution in [2.75, 3.05) is 0 Å². The minimum atomic E-state index is -0.720. The number of benzene rings is 2. The van der Waals surface area contributed by atoms with E-state index in [0.29, 0.717) is 0 Å². The molecular formula is C15H15NOS2. The number of amides is 1. The quantitative estimate of drug-likeness (QED) is 0.673. The predicted octanol–water partition coefficient (Wildman–Crippen LogP) is 3.77. The van der Waals surface area contributed by atoms with Gasteiger partial charge >= 0.3 is 0 Å². The molecule has 0 heterocycles. The molecule has 0 aromatic heterocycles. The lowest BCUT2D eigenvalue weighted by Gasteiger charge is -2.24. The van der Waals surface area contributed by atoms with Crippen LogP contribution < -0.4 is 5.73 Å². The lowest BCUT2D eigenvalue weighted by atomic mass is 10.4. The van der Waals surface area contributed by atoms with E-state index in [1.165, 1.54) is 23.5 Å². The van der Waals surface area contributed by atoms with Gasteiger partial charge in [0.15, 0.2) is 0 Å². The van der Waals surface area contributed by atoms with Crippen molar-refractivity contribution in [2.24, 2.45) is 5.73 Å². The van der Waals surface area contributed by atoms with Crippen molar-refractivity contribution in [1.29, 1.82) is 0 Å². The number of rotatable bonds is 5. The Hall–Kier alpha value is -1.39. The summed E-state index contributed by atoms with van der Waals surface area (Å²) in [6.07, 6.45) is 0. The third-order valence-corrected chi connectivity index (χ3v) is 5.26. The fraction of sp³-hybridized carbons (Fsp3) is 0.133. The van der Waals surface area contributed by atoms with Crippen LogP contribution in [0.25, 0.3) is 0 Å². The van der Waals surface area contributed by atoms with Gasteiger partial charge in [-0.1, -0.05) is 59.9 Å². The van der Waals surface area contributed by atoms with Gasteiger partial charge in [-0.25, -0.2) is 0 Å². The van der Waals surface area contributed by atoms with Crippen molar-refractivity contribution in [2.45, 2.75) is 20.8 Å². The lowest BCUT2D eigenvalue weighted by molar-refractivity contribution is -0.117. The van der Waals surface area contributed by atoms with Crippen molar-refractivity contribution in [3.8, 4) is 0 Å². The molecule has 0 unspecified atom stereocenters. The number of carbonyl (C=O) groups excluding carboxylic acids is 1.